The van der Waals surface area contributed by atoms with Crippen LogP contribution in [0.2, 0.25) is 0 Å². The summed E-state index contributed by atoms with van der Waals surface area (Å²) >= 11 is 0. The topological polar surface area (TPSA) is 109 Å². The number of nitrogens with two attached hydrogens (primary N) is 1. The molecule has 4 heterocycles. The number of hydrogen-bond acceptors (Lipinski definition) is 5. The fraction of sp³-hybridized carbons (Fsp3) is 0.500. The minimum atomic E-state index is -0.907. The van der Waals surface area contributed by atoms with Crippen LogP contribution in [0.5, 0.6) is 5.75 Å². The quantitative estimate of drug-likeness (QED) is 0.685. The normalized spacial score (nSPS) is 26.7. The van der Waals surface area contributed by atoms with Crippen LogP contribution < -0.4 is 11.2 Å². The number of carbonyl (C=O) groups is 2. The highest BCUT2D eigenvalue weighted by molar-refractivity contribution is 5.98. The summed E-state index contributed by atoms with van der Waals surface area (Å²) in [5.41, 5.74) is 3.95. The van der Waals surface area contributed by atoms with Crippen molar-refractivity contribution in [2.75, 3.05) is 13.1 Å². The van der Waals surface area contributed by atoms with Crippen LogP contribution in [0, 0.1) is 0 Å². The highest BCUT2D eigenvalue weighted by Crippen LogP contribution is 2.35. The molecule has 0 spiro atoms. The molecule has 0 radical (unpaired) electrons. The van der Waals surface area contributed by atoms with Gasteiger partial charge in [-0.1, -0.05) is 0 Å². The van der Waals surface area contributed by atoms with E-state index in [1.165, 1.54) is 10.8 Å². The van der Waals surface area contributed by atoms with Crippen molar-refractivity contribution in [2.45, 2.75) is 31.6 Å². The van der Waals surface area contributed by atoms with Crippen molar-refractivity contribution < 1.29 is 14.7 Å². The van der Waals surface area contributed by atoms with Crippen LogP contribution in [0.4, 0.5) is 0 Å². The SMILES string of the molecule is NC(=O)c1cn2c(c(O)c1=O)C(=O)N1CC3CCCN3C1C2. The van der Waals surface area contributed by atoms with Gasteiger partial charge in [0.25, 0.3) is 11.8 Å². The fourth-order valence-electron chi connectivity index (χ4n) is 3.90. The molecule has 116 valence electrons. The minimum Gasteiger partial charge on any atom is -0.503 e. The molecule has 22 heavy (non-hydrogen) atoms. The Balaban J connectivity index is 1.85. The first-order valence-electron chi connectivity index (χ1n) is 7.32. The van der Waals surface area contributed by atoms with E-state index in [-0.39, 0.29) is 23.3 Å². The number of aromatic hydroxyl groups is 1. The molecule has 2 amide bonds. The van der Waals surface area contributed by atoms with Gasteiger partial charge in [-0.05, 0) is 12.8 Å². The maximum atomic E-state index is 12.6. The summed E-state index contributed by atoms with van der Waals surface area (Å²) in [5.74, 6) is -1.96. The molecular weight excluding hydrogens is 288 g/mol. The van der Waals surface area contributed by atoms with Gasteiger partial charge >= 0.3 is 0 Å². The Morgan fingerprint density at radius 3 is 2.82 bits per heavy atom. The van der Waals surface area contributed by atoms with Crippen LogP contribution in [0.25, 0.3) is 0 Å². The Morgan fingerprint density at radius 1 is 1.32 bits per heavy atom. The summed E-state index contributed by atoms with van der Waals surface area (Å²) in [4.78, 5) is 39.9. The number of amides is 2. The number of nitrogens with zero attached hydrogens (tertiary/aromatic N) is 3. The second kappa shape index (κ2) is 4.33. The van der Waals surface area contributed by atoms with E-state index >= 15 is 0 Å². The third-order valence-electron chi connectivity index (χ3n) is 4.92. The highest BCUT2D eigenvalue weighted by Gasteiger charge is 2.48. The van der Waals surface area contributed by atoms with Crippen molar-refractivity contribution in [1.82, 2.24) is 14.4 Å². The Morgan fingerprint density at radius 2 is 2.09 bits per heavy atom. The lowest BCUT2D eigenvalue weighted by Crippen LogP contribution is -2.50. The first-order chi connectivity index (χ1) is 10.5. The van der Waals surface area contributed by atoms with Crippen LogP contribution in [-0.2, 0) is 6.54 Å². The second-order valence-electron chi connectivity index (χ2n) is 6.06. The second-order valence-corrected chi connectivity index (χ2v) is 6.06. The van der Waals surface area contributed by atoms with Gasteiger partial charge in [0.05, 0.1) is 6.54 Å². The van der Waals surface area contributed by atoms with E-state index in [0.717, 1.165) is 19.4 Å². The van der Waals surface area contributed by atoms with E-state index < -0.39 is 17.1 Å². The first-order valence-corrected chi connectivity index (χ1v) is 7.32. The van der Waals surface area contributed by atoms with Crippen molar-refractivity contribution in [3.63, 3.8) is 0 Å². The highest BCUT2D eigenvalue weighted by atomic mass is 16.3. The fourth-order valence-corrected chi connectivity index (χ4v) is 3.90. The van der Waals surface area contributed by atoms with Crippen LogP contribution in [-0.4, -0.2) is 56.6 Å². The molecule has 1 aromatic heterocycles. The van der Waals surface area contributed by atoms with Crippen LogP contribution in [0.3, 0.4) is 0 Å². The molecule has 0 aliphatic carbocycles. The van der Waals surface area contributed by atoms with E-state index in [4.69, 9.17) is 5.73 Å². The lowest BCUT2D eigenvalue weighted by molar-refractivity contribution is 0.0513. The van der Waals surface area contributed by atoms with Crippen LogP contribution in [0.1, 0.15) is 33.7 Å². The van der Waals surface area contributed by atoms with Crippen molar-refractivity contribution in [3.05, 3.63) is 27.7 Å². The molecule has 0 aromatic carbocycles. The van der Waals surface area contributed by atoms with E-state index in [2.05, 4.69) is 4.90 Å². The Hall–Kier alpha value is -2.35. The van der Waals surface area contributed by atoms with Gasteiger partial charge in [-0.25, -0.2) is 0 Å². The summed E-state index contributed by atoms with van der Waals surface area (Å²) in [6, 6.07) is 0.341. The van der Waals surface area contributed by atoms with Gasteiger partial charge in [0.2, 0.25) is 5.43 Å². The Kier molecular flexibility index (Phi) is 2.62. The van der Waals surface area contributed by atoms with Crippen LogP contribution in [0.15, 0.2) is 11.0 Å². The standard InChI is InChI=1S/C14H16N4O4/c15-13(21)8-5-16-6-9-17-3-1-2-7(17)4-18(9)14(22)10(16)12(20)11(8)19/h5,7,9,20H,1-4,6H2,(H2,15,21). The summed E-state index contributed by atoms with van der Waals surface area (Å²) < 4.78 is 1.49. The summed E-state index contributed by atoms with van der Waals surface area (Å²) in [5, 5.41) is 10.1. The first kappa shape index (κ1) is 13.3. The lowest BCUT2D eigenvalue weighted by Gasteiger charge is -2.35. The van der Waals surface area contributed by atoms with E-state index in [1.807, 2.05) is 0 Å². The molecule has 8 heteroatoms. The number of aromatic nitrogens is 1. The van der Waals surface area contributed by atoms with Gasteiger partial charge in [-0.2, -0.15) is 0 Å². The zero-order chi connectivity index (χ0) is 15.6. The van der Waals surface area contributed by atoms with Gasteiger partial charge < -0.3 is 20.3 Å². The van der Waals surface area contributed by atoms with Gasteiger partial charge in [-0.15, -0.1) is 0 Å². The monoisotopic (exact) mass is 304 g/mol. The molecule has 3 aliphatic rings. The average molecular weight is 304 g/mol. The van der Waals surface area contributed by atoms with Gasteiger partial charge in [0, 0.05) is 25.3 Å². The van der Waals surface area contributed by atoms with Gasteiger partial charge in [-0.3, -0.25) is 19.3 Å². The van der Waals surface area contributed by atoms with Crippen molar-refractivity contribution in [1.29, 1.82) is 0 Å². The third-order valence-corrected chi connectivity index (χ3v) is 4.92. The molecule has 2 unspecified atom stereocenters. The van der Waals surface area contributed by atoms with Crippen LogP contribution >= 0.6 is 0 Å². The smallest absolute Gasteiger partial charge is 0.275 e. The van der Waals surface area contributed by atoms with Crippen molar-refractivity contribution in [3.8, 4) is 5.75 Å². The van der Waals surface area contributed by atoms with Gasteiger partial charge in [0.1, 0.15) is 11.7 Å². The molecule has 4 rings (SSSR count). The summed E-state index contributed by atoms with van der Waals surface area (Å²) in [6.07, 6.45) is 3.36. The average Bonchev–Trinajstić information content (AvgIpc) is 3.04. The van der Waals surface area contributed by atoms with E-state index in [1.54, 1.807) is 4.90 Å². The number of carbonyl (C=O) groups excluding carboxylic acids is 2. The largest absolute Gasteiger partial charge is 0.503 e. The number of primary amides is 1. The molecule has 3 N–H and O–H groups in total. The van der Waals surface area contributed by atoms with E-state index in [9.17, 15) is 19.5 Å². The molecule has 1 aromatic rings. The molecule has 3 aliphatic heterocycles. The maximum absolute atomic E-state index is 12.6. The molecule has 0 saturated carbocycles. The van der Waals surface area contributed by atoms with Crippen molar-refractivity contribution >= 4 is 11.8 Å². The molecule has 2 atom stereocenters. The molecular formula is C14H16N4O4. The van der Waals surface area contributed by atoms with E-state index in [0.29, 0.717) is 19.1 Å². The number of rotatable bonds is 1. The Bertz CT molecular complexity index is 756. The lowest BCUT2D eigenvalue weighted by atomic mass is 10.1. The molecule has 2 fully saturated rings. The molecule has 8 nitrogen and oxygen atoms in total. The minimum absolute atomic E-state index is 0.0487. The maximum Gasteiger partial charge on any atom is 0.275 e. The zero-order valence-electron chi connectivity index (χ0n) is 11.9. The Labute approximate surface area is 125 Å². The number of hydrogen-bond donors (Lipinski definition) is 2. The number of pyridine rings is 1. The summed E-state index contributed by atoms with van der Waals surface area (Å²) in [6.45, 7) is 1.98. The molecule has 0 bridgehead atoms. The summed E-state index contributed by atoms with van der Waals surface area (Å²) in [7, 11) is 0. The number of fused-ring (bicyclic) bond motifs is 4. The molecule has 2 saturated heterocycles. The van der Waals surface area contributed by atoms with Gasteiger partial charge in [0.15, 0.2) is 11.4 Å². The third kappa shape index (κ3) is 1.58. The predicted molar refractivity (Wildman–Crippen MR) is 75.4 cm³/mol. The zero-order valence-corrected chi connectivity index (χ0v) is 11.9. The van der Waals surface area contributed by atoms with Crippen molar-refractivity contribution in [2.24, 2.45) is 5.73 Å². The predicted octanol–water partition coefficient (Wildman–Crippen LogP) is -1.09.